The van der Waals surface area contributed by atoms with Crippen LogP contribution in [0.3, 0.4) is 0 Å². The van der Waals surface area contributed by atoms with E-state index in [1.54, 1.807) is 6.07 Å². The van der Waals surface area contributed by atoms with Gasteiger partial charge in [0.2, 0.25) is 0 Å². The van der Waals surface area contributed by atoms with E-state index in [9.17, 15) is 4.39 Å². The number of benzene rings is 1. The molecule has 1 unspecified atom stereocenters. The summed E-state index contributed by atoms with van der Waals surface area (Å²) in [7, 11) is 0. The molecule has 16 heavy (non-hydrogen) atoms. The molecule has 0 bridgehead atoms. The van der Waals surface area contributed by atoms with Gasteiger partial charge >= 0.3 is 0 Å². The lowest BCUT2D eigenvalue weighted by Gasteiger charge is -2.32. The number of alkyl halides is 1. The van der Waals surface area contributed by atoms with Gasteiger partial charge in [0.25, 0.3) is 0 Å². The maximum Gasteiger partial charge on any atom is 0.142 e. The minimum atomic E-state index is -0.333. The summed E-state index contributed by atoms with van der Waals surface area (Å²) in [5, 5.41) is 1.14. The number of halogens is 3. The van der Waals surface area contributed by atoms with Gasteiger partial charge < -0.3 is 0 Å². The predicted octanol–water partition coefficient (Wildman–Crippen LogP) is 5.08. The monoisotopic (exact) mass is 306 g/mol. The molecule has 0 aliphatic rings. The van der Waals surface area contributed by atoms with E-state index in [-0.39, 0.29) is 16.3 Å². The fourth-order valence-corrected chi connectivity index (χ4v) is 2.56. The molecule has 0 saturated heterocycles. The quantitative estimate of drug-likeness (QED) is 0.681. The molecule has 0 aromatic heterocycles. The van der Waals surface area contributed by atoms with E-state index in [1.807, 2.05) is 6.07 Å². The summed E-state index contributed by atoms with van der Waals surface area (Å²) in [6, 6.07) is 5.01. The molecular weight excluding hydrogens is 290 g/mol. The van der Waals surface area contributed by atoms with Crippen molar-refractivity contribution in [1.82, 2.24) is 0 Å². The second-order valence-corrected chi connectivity index (χ2v) is 5.77. The predicted molar refractivity (Wildman–Crippen MR) is 71.9 cm³/mol. The average molecular weight is 308 g/mol. The van der Waals surface area contributed by atoms with Gasteiger partial charge in [0.1, 0.15) is 5.82 Å². The van der Waals surface area contributed by atoms with Crippen LogP contribution in [-0.2, 0) is 6.42 Å². The summed E-state index contributed by atoms with van der Waals surface area (Å²) >= 11 is 9.51. The van der Waals surface area contributed by atoms with Crippen molar-refractivity contribution in [2.24, 2.45) is 11.3 Å². The zero-order valence-electron chi connectivity index (χ0n) is 9.86. The maximum atomic E-state index is 13.3. The molecule has 0 N–H and O–H groups in total. The molecule has 90 valence electrons. The van der Waals surface area contributed by atoms with Gasteiger partial charge in [-0.1, -0.05) is 60.4 Å². The first-order valence-electron chi connectivity index (χ1n) is 5.39. The van der Waals surface area contributed by atoms with E-state index in [0.29, 0.717) is 5.92 Å². The van der Waals surface area contributed by atoms with Crippen LogP contribution in [0.5, 0.6) is 0 Å². The molecule has 1 rings (SSSR count). The molecule has 0 aliphatic heterocycles. The van der Waals surface area contributed by atoms with Crippen LogP contribution in [0.2, 0.25) is 5.02 Å². The fraction of sp³-hybridized carbons (Fsp3) is 0.538. The van der Waals surface area contributed by atoms with Crippen LogP contribution in [0.1, 0.15) is 26.3 Å². The third-order valence-electron chi connectivity index (χ3n) is 3.32. The Morgan fingerprint density at radius 1 is 1.44 bits per heavy atom. The summed E-state index contributed by atoms with van der Waals surface area (Å²) in [5.41, 5.74) is 0.981. The highest BCUT2D eigenvalue weighted by atomic mass is 79.9. The Morgan fingerprint density at radius 3 is 2.56 bits per heavy atom. The SMILES string of the molecule is CC(C)C(C)(CBr)Cc1cccc(F)c1Cl. The van der Waals surface area contributed by atoms with Crippen LogP contribution in [0.4, 0.5) is 4.39 Å². The topological polar surface area (TPSA) is 0 Å². The van der Waals surface area contributed by atoms with Crippen LogP contribution < -0.4 is 0 Å². The average Bonchev–Trinajstić information content (AvgIpc) is 2.24. The van der Waals surface area contributed by atoms with E-state index in [2.05, 4.69) is 36.7 Å². The van der Waals surface area contributed by atoms with Crippen molar-refractivity contribution in [1.29, 1.82) is 0 Å². The molecule has 0 spiro atoms. The second-order valence-electron chi connectivity index (χ2n) is 4.83. The van der Waals surface area contributed by atoms with Crippen molar-refractivity contribution in [2.45, 2.75) is 27.2 Å². The Labute approximate surface area is 110 Å². The van der Waals surface area contributed by atoms with Gasteiger partial charge in [0.05, 0.1) is 5.02 Å². The molecule has 1 aromatic carbocycles. The van der Waals surface area contributed by atoms with Crippen molar-refractivity contribution in [3.8, 4) is 0 Å². The standard InChI is InChI=1S/C13H17BrClF/c1-9(2)13(3,8-14)7-10-5-4-6-11(16)12(10)15/h4-6,9H,7-8H2,1-3H3. The summed E-state index contributed by atoms with van der Waals surface area (Å²) in [6.07, 6.45) is 0.784. The molecule has 0 heterocycles. The first-order chi connectivity index (χ1) is 7.40. The van der Waals surface area contributed by atoms with Gasteiger partial charge in [-0.05, 0) is 29.4 Å². The molecule has 0 amide bonds. The molecule has 0 nitrogen and oxygen atoms in total. The Balaban J connectivity index is 2.99. The van der Waals surface area contributed by atoms with Crippen molar-refractivity contribution in [2.75, 3.05) is 5.33 Å². The Bertz CT molecular complexity index is 365. The van der Waals surface area contributed by atoms with E-state index < -0.39 is 0 Å². The Morgan fingerprint density at radius 2 is 2.06 bits per heavy atom. The van der Waals surface area contributed by atoms with Crippen LogP contribution in [0.25, 0.3) is 0 Å². The van der Waals surface area contributed by atoms with Crippen molar-refractivity contribution < 1.29 is 4.39 Å². The van der Waals surface area contributed by atoms with Crippen LogP contribution >= 0.6 is 27.5 Å². The number of hydrogen-bond acceptors (Lipinski definition) is 0. The molecule has 0 fully saturated rings. The smallest absolute Gasteiger partial charge is 0.142 e. The van der Waals surface area contributed by atoms with Crippen molar-refractivity contribution in [3.63, 3.8) is 0 Å². The van der Waals surface area contributed by atoms with Gasteiger partial charge in [-0.25, -0.2) is 4.39 Å². The normalized spacial score (nSPS) is 15.2. The summed E-state index contributed by atoms with van der Waals surface area (Å²) in [5.74, 6) is 0.172. The van der Waals surface area contributed by atoms with Gasteiger partial charge in [-0.3, -0.25) is 0 Å². The third kappa shape index (κ3) is 2.98. The lowest BCUT2D eigenvalue weighted by Crippen LogP contribution is -2.28. The van der Waals surface area contributed by atoms with Gasteiger partial charge in [0, 0.05) is 5.33 Å². The van der Waals surface area contributed by atoms with Gasteiger partial charge in [-0.15, -0.1) is 0 Å². The van der Waals surface area contributed by atoms with Gasteiger partial charge in [0.15, 0.2) is 0 Å². The molecule has 1 atom stereocenters. The highest BCUT2D eigenvalue weighted by molar-refractivity contribution is 9.09. The zero-order chi connectivity index (χ0) is 12.3. The first kappa shape index (κ1) is 14.0. The lowest BCUT2D eigenvalue weighted by molar-refractivity contribution is 0.257. The molecule has 0 aliphatic carbocycles. The van der Waals surface area contributed by atoms with Crippen LogP contribution in [0, 0.1) is 17.2 Å². The fourth-order valence-electron chi connectivity index (χ4n) is 1.53. The van der Waals surface area contributed by atoms with Gasteiger partial charge in [-0.2, -0.15) is 0 Å². The molecule has 0 radical (unpaired) electrons. The van der Waals surface area contributed by atoms with Crippen LogP contribution in [0.15, 0.2) is 18.2 Å². The molecular formula is C13H17BrClF. The third-order valence-corrected chi connectivity index (χ3v) is 5.03. The molecule has 0 saturated carbocycles. The summed E-state index contributed by atoms with van der Waals surface area (Å²) in [6.45, 7) is 6.54. The Hall–Kier alpha value is -0.0800. The van der Waals surface area contributed by atoms with Crippen LogP contribution in [-0.4, -0.2) is 5.33 Å². The van der Waals surface area contributed by atoms with Crippen molar-refractivity contribution in [3.05, 3.63) is 34.6 Å². The zero-order valence-corrected chi connectivity index (χ0v) is 12.2. The highest BCUT2D eigenvalue weighted by Gasteiger charge is 2.28. The lowest BCUT2D eigenvalue weighted by atomic mass is 9.76. The molecule has 1 aromatic rings. The number of rotatable bonds is 4. The number of hydrogen-bond donors (Lipinski definition) is 0. The summed E-state index contributed by atoms with van der Waals surface area (Å²) < 4.78 is 13.3. The first-order valence-corrected chi connectivity index (χ1v) is 6.89. The molecule has 3 heteroatoms. The van der Waals surface area contributed by atoms with Crippen molar-refractivity contribution >= 4 is 27.5 Å². The van der Waals surface area contributed by atoms with E-state index in [0.717, 1.165) is 17.3 Å². The Kier molecular flexibility index (Phi) is 4.81. The van der Waals surface area contributed by atoms with E-state index >= 15 is 0 Å². The minimum absolute atomic E-state index is 0.0947. The largest absolute Gasteiger partial charge is 0.205 e. The second kappa shape index (κ2) is 5.50. The van der Waals surface area contributed by atoms with E-state index in [4.69, 9.17) is 11.6 Å². The summed E-state index contributed by atoms with van der Waals surface area (Å²) in [4.78, 5) is 0. The minimum Gasteiger partial charge on any atom is -0.205 e. The highest BCUT2D eigenvalue weighted by Crippen LogP contribution is 2.35. The maximum absolute atomic E-state index is 13.3. The van der Waals surface area contributed by atoms with E-state index in [1.165, 1.54) is 6.07 Å².